The van der Waals surface area contributed by atoms with Gasteiger partial charge in [-0.25, -0.2) is 0 Å². The fraction of sp³-hybridized carbons (Fsp3) is 0.250. The van der Waals surface area contributed by atoms with Crippen molar-refractivity contribution in [3.8, 4) is 5.75 Å². The molecule has 1 unspecified atom stereocenters. The molecular weight excluding hydrogens is 348 g/mol. The number of aryl methyl sites for hydroxylation is 1. The smallest absolute Gasteiger partial charge is 0.311 e. The minimum atomic E-state index is -1.05. The van der Waals surface area contributed by atoms with Crippen LogP contribution in [0.3, 0.4) is 0 Å². The Morgan fingerprint density at radius 2 is 1.63 bits per heavy atom. The van der Waals surface area contributed by atoms with Crippen molar-refractivity contribution < 1.29 is 24.2 Å². The average Bonchev–Trinajstić information content (AvgIpc) is 2.66. The lowest BCUT2D eigenvalue weighted by atomic mass is 9.94. The van der Waals surface area contributed by atoms with E-state index in [1.165, 1.54) is 7.05 Å². The average molecular weight is 370 g/mol. The first-order chi connectivity index (χ1) is 12.9. The number of carboxylic acids is 1. The summed E-state index contributed by atoms with van der Waals surface area (Å²) in [5.74, 6) is -2.13. The fourth-order valence-corrected chi connectivity index (χ4v) is 2.40. The van der Waals surface area contributed by atoms with Crippen LogP contribution in [0, 0.1) is 6.92 Å². The van der Waals surface area contributed by atoms with Gasteiger partial charge in [0.05, 0.1) is 5.92 Å². The number of hydrogen-bond acceptors (Lipinski definition) is 4. The van der Waals surface area contributed by atoms with Gasteiger partial charge in [0.2, 0.25) is 5.91 Å². The Morgan fingerprint density at radius 3 is 2.19 bits per heavy atom. The number of benzene rings is 2. The minimum Gasteiger partial charge on any atom is -0.484 e. The van der Waals surface area contributed by atoms with Gasteiger partial charge >= 0.3 is 5.97 Å². The van der Waals surface area contributed by atoms with Crippen molar-refractivity contribution in [3.05, 3.63) is 59.7 Å². The third-order valence-electron chi connectivity index (χ3n) is 3.95. The Kier molecular flexibility index (Phi) is 6.93. The van der Waals surface area contributed by atoms with Gasteiger partial charge in [-0.15, -0.1) is 0 Å². The maximum absolute atomic E-state index is 12.2. The highest BCUT2D eigenvalue weighted by Crippen LogP contribution is 2.22. The van der Waals surface area contributed by atoms with Crippen LogP contribution in [0.1, 0.15) is 23.5 Å². The van der Waals surface area contributed by atoms with Crippen molar-refractivity contribution in [2.75, 3.05) is 19.0 Å². The van der Waals surface area contributed by atoms with Crippen molar-refractivity contribution in [1.82, 2.24) is 5.32 Å². The Balaban J connectivity index is 1.96. The fourth-order valence-electron chi connectivity index (χ4n) is 2.40. The maximum Gasteiger partial charge on any atom is 0.311 e. The number of nitrogens with one attached hydrogen (secondary N) is 2. The molecule has 3 N–H and O–H groups in total. The summed E-state index contributed by atoms with van der Waals surface area (Å²) in [6, 6.07) is 13.6. The first-order valence-electron chi connectivity index (χ1n) is 8.41. The van der Waals surface area contributed by atoms with Crippen molar-refractivity contribution in [2.45, 2.75) is 19.3 Å². The van der Waals surface area contributed by atoms with Gasteiger partial charge in [0.25, 0.3) is 5.91 Å². The van der Waals surface area contributed by atoms with Crippen LogP contribution in [0.15, 0.2) is 48.5 Å². The van der Waals surface area contributed by atoms with Crippen molar-refractivity contribution in [1.29, 1.82) is 0 Å². The third-order valence-corrected chi connectivity index (χ3v) is 3.95. The summed E-state index contributed by atoms with van der Waals surface area (Å²) in [6.07, 6.45) is -0.173. The first kappa shape index (κ1) is 20.0. The van der Waals surface area contributed by atoms with Gasteiger partial charge in [0, 0.05) is 19.2 Å². The van der Waals surface area contributed by atoms with Gasteiger partial charge in [-0.1, -0.05) is 29.8 Å². The number of likely N-dealkylation sites (N-methyl/N-ethyl adjacent to an activating group) is 1. The zero-order chi connectivity index (χ0) is 19.8. The molecule has 2 rings (SSSR count). The Bertz CT molecular complexity index is 800. The van der Waals surface area contributed by atoms with Crippen molar-refractivity contribution in [3.63, 3.8) is 0 Å². The number of amides is 2. The molecule has 0 aliphatic rings. The summed E-state index contributed by atoms with van der Waals surface area (Å²) in [7, 11) is 1.52. The molecule has 0 aliphatic heterocycles. The first-order valence-corrected chi connectivity index (χ1v) is 8.41. The van der Waals surface area contributed by atoms with Gasteiger partial charge in [0.1, 0.15) is 5.75 Å². The predicted octanol–water partition coefficient (Wildman–Crippen LogP) is 2.32. The molecule has 2 aromatic carbocycles. The Morgan fingerprint density at radius 1 is 1.00 bits per heavy atom. The summed E-state index contributed by atoms with van der Waals surface area (Å²) in [6.45, 7) is 1.81. The van der Waals surface area contributed by atoms with E-state index in [1.54, 1.807) is 36.4 Å². The lowest BCUT2D eigenvalue weighted by Crippen LogP contribution is -2.24. The lowest BCUT2D eigenvalue weighted by Gasteiger charge is -2.13. The zero-order valence-electron chi connectivity index (χ0n) is 15.2. The number of rotatable bonds is 8. The molecule has 2 aromatic rings. The SMILES string of the molecule is CNC(=O)COc1ccc(NC(=O)CC(C(=O)O)c2ccc(C)cc2)cc1. The van der Waals surface area contributed by atoms with Crippen LogP contribution in [0.25, 0.3) is 0 Å². The molecule has 0 spiro atoms. The van der Waals surface area contributed by atoms with Gasteiger partial charge in [-0.05, 0) is 36.8 Å². The molecule has 0 aromatic heterocycles. The molecule has 142 valence electrons. The van der Waals surface area contributed by atoms with E-state index in [0.717, 1.165) is 5.56 Å². The number of carbonyl (C=O) groups is 3. The molecule has 0 saturated heterocycles. The van der Waals surface area contributed by atoms with Crippen LogP contribution < -0.4 is 15.4 Å². The van der Waals surface area contributed by atoms with E-state index in [2.05, 4.69) is 10.6 Å². The van der Waals surface area contributed by atoms with E-state index < -0.39 is 17.8 Å². The van der Waals surface area contributed by atoms with E-state index in [4.69, 9.17) is 4.74 Å². The van der Waals surface area contributed by atoms with Crippen LogP contribution in [-0.4, -0.2) is 36.5 Å². The van der Waals surface area contributed by atoms with Gasteiger partial charge < -0.3 is 20.5 Å². The van der Waals surface area contributed by atoms with Crippen LogP contribution in [0.5, 0.6) is 5.75 Å². The van der Waals surface area contributed by atoms with Gasteiger partial charge in [-0.2, -0.15) is 0 Å². The molecule has 0 radical (unpaired) electrons. The molecule has 27 heavy (non-hydrogen) atoms. The van der Waals surface area contributed by atoms with Crippen LogP contribution in [0.2, 0.25) is 0 Å². The zero-order valence-corrected chi connectivity index (χ0v) is 15.2. The monoisotopic (exact) mass is 370 g/mol. The largest absolute Gasteiger partial charge is 0.484 e. The van der Waals surface area contributed by atoms with Crippen LogP contribution >= 0.6 is 0 Å². The summed E-state index contributed by atoms with van der Waals surface area (Å²) >= 11 is 0. The van der Waals surface area contributed by atoms with Crippen LogP contribution in [-0.2, 0) is 14.4 Å². The van der Waals surface area contributed by atoms with E-state index in [0.29, 0.717) is 17.0 Å². The number of ether oxygens (including phenoxy) is 1. The number of carbonyl (C=O) groups excluding carboxylic acids is 2. The molecule has 0 heterocycles. The standard InChI is InChI=1S/C20H22N2O5/c1-13-3-5-14(6-4-13)17(20(25)26)11-18(23)22-15-7-9-16(10-8-15)27-12-19(24)21-2/h3-10,17H,11-12H2,1-2H3,(H,21,24)(H,22,23)(H,25,26). The Hall–Kier alpha value is -3.35. The van der Waals surface area contributed by atoms with Gasteiger partial charge in [0.15, 0.2) is 6.61 Å². The molecule has 7 heteroatoms. The minimum absolute atomic E-state index is 0.0982. The Labute approximate surface area is 157 Å². The second-order valence-electron chi connectivity index (χ2n) is 6.04. The molecule has 0 saturated carbocycles. The predicted molar refractivity (Wildman–Crippen MR) is 101 cm³/mol. The second-order valence-corrected chi connectivity index (χ2v) is 6.04. The molecule has 0 bridgehead atoms. The molecule has 1 atom stereocenters. The summed E-state index contributed by atoms with van der Waals surface area (Å²) in [4.78, 5) is 34.9. The topological polar surface area (TPSA) is 105 Å². The number of aliphatic carboxylic acids is 1. The normalized spacial score (nSPS) is 11.3. The molecular formula is C20H22N2O5. The van der Waals surface area contributed by atoms with Gasteiger partial charge in [-0.3, -0.25) is 14.4 Å². The van der Waals surface area contributed by atoms with Crippen molar-refractivity contribution >= 4 is 23.5 Å². The van der Waals surface area contributed by atoms with E-state index in [1.807, 2.05) is 19.1 Å². The van der Waals surface area contributed by atoms with E-state index in [9.17, 15) is 19.5 Å². The lowest BCUT2D eigenvalue weighted by molar-refractivity contribution is -0.140. The molecule has 7 nitrogen and oxygen atoms in total. The molecule has 0 fully saturated rings. The van der Waals surface area contributed by atoms with E-state index >= 15 is 0 Å². The number of hydrogen-bond donors (Lipinski definition) is 3. The third kappa shape index (κ3) is 6.14. The number of anilines is 1. The second kappa shape index (κ2) is 9.38. The summed E-state index contributed by atoms with van der Waals surface area (Å²) in [5, 5.41) is 14.6. The molecule has 2 amide bonds. The maximum atomic E-state index is 12.2. The summed E-state index contributed by atoms with van der Waals surface area (Å²) in [5.41, 5.74) is 2.12. The number of carboxylic acid groups (broad SMARTS) is 1. The highest BCUT2D eigenvalue weighted by Gasteiger charge is 2.23. The highest BCUT2D eigenvalue weighted by atomic mass is 16.5. The highest BCUT2D eigenvalue weighted by molar-refractivity contribution is 5.94. The van der Waals surface area contributed by atoms with E-state index in [-0.39, 0.29) is 18.9 Å². The van der Waals surface area contributed by atoms with Crippen molar-refractivity contribution in [2.24, 2.45) is 0 Å². The summed E-state index contributed by atoms with van der Waals surface area (Å²) < 4.78 is 5.28. The van der Waals surface area contributed by atoms with Crippen LogP contribution in [0.4, 0.5) is 5.69 Å². The molecule has 0 aliphatic carbocycles. The quantitative estimate of drug-likeness (QED) is 0.661.